The molecular formula is C15H22Cl2N2O2. The zero-order valence-corrected chi connectivity index (χ0v) is 13.9. The van der Waals surface area contributed by atoms with Crippen LogP contribution in [-0.2, 0) is 4.79 Å². The fourth-order valence-electron chi connectivity index (χ4n) is 2.23. The van der Waals surface area contributed by atoms with Crippen LogP contribution in [0.5, 0.6) is 5.75 Å². The molecule has 0 saturated carbocycles. The van der Waals surface area contributed by atoms with E-state index in [2.05, 4.69) is 10.6 Å². The number of hydrogen-bond donors (Lipinski definition) is 2. The van der Waals surface area contributed by atoms with Crippen molar-refractivity contribution in [3.63, 3.8) is 0 Å². The zero-order chi connectivity index (χ0) is 14.5. The van der Waals surface area contributed by atoms with E-state index >= 15 is 0 Å². The lowest BCUT2D eigenvalue weighted by atomic mass is 10.0. The Balaban J connectivity index is 0.00000220. The molecule has 1 amide bonds. The van der Waals surface area contributed by atoms with E-state index in [0.29, 0.717) is 16.5 Å². The minimum atomic E-state index is -0.103. The molecule has 4 nitrogen and oxygen atoms in total. The van der Waals surface area contributed by atoms with Gasteiger partial charge >= 0.3 is 0 Å². The van der Waals surface area contributed by atoms with Crippen molar-refractivity contribution in [2.24, 2.45) is 0 Å². The van der Waals surface area contributed by atoms with Gasteiger partial charge in [-0.2, -0.15) is 0 Å². The molecule has 0 radical (unpaired) electrons. The van der Waals surface area contributed by atoms with E-state index in [9.17, 15) is 4.79 Å². The number of hydrogen-bond acceptors (Lipinski definition) is 3. The molecule has 1 saturated heterocycles. The summed E-state index contributed by atoms with van der Waals surface area (Å²) in [4.78, 5) is 12.1. The summed E-state index contributed by atoms with van der Waals surface area (Å²) in [7, 11) is 0. The van der Waals surface area contributed by atoms with E-state index in [4.69, 9.17) is 16.3 Å². The normalized spacial score (nSPS) is 18.0. The molecule has 1 aromatic carbocycles. The first-order chi connectivity index (χ1) is 9.56. The predicted octanol–water partition coefficient (Wildman–Crippen LogP) is 3.63. The molecule has 1 atom stereocenters. The number of piperidine rings is 1. The highest BCUT2D eigenvalue weighted by molar-refractivity contribution is 6.32. The predicted molar refractivity (Wildman–Crippen MR) is 88.7 cm³/mol. The molecule has 0 aliphatic carbocycles. The third-order valence-corrected chi connectivity index (χ3v) is 3.48. The minimum Gasteiger partial charge on any atom is -0.489 e. The van der Waals surface area contributed by atoms with E-state index in [1.807, 2.05) is 19.9 Å². The maximum absolute atomic E-state index is 12.1. The van der Waals surface area contributed by atoms with E-state index in [0.717, 1.165) is 25.8 Å². The molecule has 118 valence electrons. The average molecular weight is 333 g/mol. The number of benzene rings is 1. The van der Waals surface area contributed by atoms with Crippen LogP contribution in [0, 0.1) is 0 Å². The lowest BCUT2D eigenvalue weighted by Gasteiger charge is -2.22. The van der Waals surface area contributed by atoms with Crippen LogP contribution in [0.15, 0.2) is 18.2 Å². The monoisotopic (exact) mass is 332 g/mol. The Morgan fingerprint density at radius 2 is 2.19 bits per heavy atom. The lowest BCUT2D eigenvalue weighted by Crippen LogP contribution is -2.43. The Labute approximate surface area is 137 Å². The molecule has 1 aliphatic heterocycles. The molecular weight excluding hydrogens is 311 g/mol. The molecule has 0 unspecified atom stereocenters. The molecule has 1 heterocycles. The Morgan fingerprint density at radius 1 is 1.43 bits per heavy atom. The summed E-state index contributed by atoms with van der Waals surface area (Å²) < 4.78 is 5.56. The molecule has 2 rings (SSSR count). The zero-order valence-electron chi connectivity index (χ0n) is 12.3. The number of amides is 1. The Bertz CT molecular complexity index is 475. The summed E-state index contributed by atoms with van der Waals surface area (Å²) in [5.41, 5.74) is 0.698. The van der Waals surface area contributed by atoms with Crippen LogP contribution in [0.25, 0.3) is 0 Å². The Hall–Kier alpha value is -0.970. The van der Waals surface area contributed by atoms with Crippen molar-refractivity contribution in [1.82, 2.24) is 5.32 Å². The quantitative estimate of drug-likeness (QED) is 0.885. The third kappa shape index (κ3) is 5.38. The highest BCUT2D eigenvalue weighted by Crippen LogP contribution is 2.28. The summed E-state index contributed by atoms with van der Waals surface area (Å²) in [6, 6.07) is 5.21. The van der Waals surface area contributed by atoms with Gasteiger partial charge in [0.15, 0.2) is 0 Å². The van der Waals surface area contributed by atoms with Gasteiger partial charge in [-0.1, -0.05) is 18.0 Å². The second kappa shape index (κ2) is 8.47. The maximum atomic E-state index is 12.1. The topological polar surface area (TPSA) is 50.4 Å². The second-order valence-electron chi connectivity index (χ2n) is 5.30. The van der Waals surface area contributed by atoms with Crippen molar-refractivity contribution in [1.29, 1.82) is 0 Å². The van der Waals surface area contributed by atoms with Crippen LogP contribution in [0.3, 0.4) is 0 Å². The maximum Gasteiger partial charge on any atom is 0.241 e. The van der Waals surface area contributed by atoms with Gasteiger partial charge in [-0.25, -0.2) is 0 Å². The highest BCUT2D eigenvalue weighted by Gasteiger charge is 2.20. The average Bonchev–Trinajstić information content (AvgIpc) is 2.42. The fourth-order valence-corrected chi connectivity index (χ4v) is 2.46. The van der Waals surface area contributed by atoms with Gasteiger partial charge in [0.25, 0.3) is 0 Å². The van der Waals surface area contributed by atoms with Gasteiger partial charge in [0.2, 0.25) is 5.91 Å². The van der Waals surface area contributed by atoms with Crippen LogP contribution in [-0.4, -0.2) is 24.6 Å². The van der Waals surface area contributed by atoms with Crippen LogP contribution in [0.4, 0.5) is 5.69 Å². The van der Waals surface area contributed by atoms with E-state index < -0.39 is 0 Å². The van der Waals surface area contributed by atoms with Gasteiger partial charge < -0.3 is 15.4 Å². The van der Waals surface area contributed by atoms with Crippen molar-refractivity contribution in [2.45, 2.75) is 45.3 Å². The number of carbonyl (C=O) groups excluding carboxylic acids is 1. The number of anilines is 1. The molecule has 2 N–H and O–H groups in total. The molecule has 0 aromatic heterocycles. The van der Waals surface area contributed by atoms with Crippen LogP contribution in [0.2, 0.25) is 5.02 Å². The summed E-state index contributed by atoms with van der Waals surface area (Å²) in [6.45, 7) is 4.79. The minimum absolute atomic E-state index is 0. The first-order valence-corrected chi connectivity index (χ1v) is 7.44. The first kappa shape index (κ1) is 18.1. The van der Waals surface area contributed by atoms with Gasteiger partial charge in [-0.3, -0.25) is 4.79 Å². The summed E-state index contributed by atoms with van der Waals surface area (Å²) in [6.07, 6.45) is 3.18. The van der Waals surface area contributed by atoms with Crippen LogP contribution < -0.4 is 15.4 Å². The highest BCUT2D eigenvalue weighted by atomic mass is 35.5. The van der Waals surface area contributed by atoms with E-state index in [1.165, 1.54) is 0 Å². The fraction of sp³-hybridized carbons (Fsp3) is 0.533. The molecule has 0 bridgehead atoms. The first-order valence-electron chi connectivity index (χ1n) is 7.06. The van der Waals surface area contributed by atoms with Gasteiger partial charge in [0.05, 0.1) is 17.2 Å². The van der Waals surface area contributed by atoms with Gasteiger partial charge in [-0.15, -0.1) is 12.4 Å². The Morgan fingerprint density at radius 3 is 2.76 bits per heavy atom. The smallest absolute Gasteiger partial charge is 0.241 e. The Kier molecular flexibility index (Phi) is 7.29. The van der Waals surface area contributed by atoms with Crippen molar-refractivity contribution in [2.75, 3.05) is 11.9 Å². The molecule has 21 heavy (non-hydrogen) atoms. The van der Waals surface area contributed by atoms with Gasteiger partial charge in [-0.05, 0) is 51.4 Å². The molecule has 1 fully saturated rings. The van der Waals surface area contributed by atoms with Crippen molar-refractivity contribution < 1.29 is 9.53 Å². The number of carbonyl (C=O) groups is 1. The van der Waals surface area contributed by atoms with Crippen LogP contribution in [0.1, 0.15) is 33.1 Å². The summed E-state index contributed by atoms with van der Waals surface area (Å²) in [5, 5.41) is 6.62. The number of halogens is 2. The largest absolute Gasteiger partial charge is 0.489 e. The molecule has 0 spiro atoms. The van der Waals surface area contributed by atoms with Gasteiger partial charge in [0, 0.05) is 5.69 Å². The van der Waals surface area contributed by atoms with Crippen LogP contribution >= 0.6 is 24.0 Å². The number of rotatable bonds is 4. The summed E-state index contributed by atoms with van der Waals surface area (Å²) in [5.74, 6) is 0.633. The number of nitrogens with one attached hydrogen (secondary N) is 2. The van der Waals surface area contributed by atoms with Crippen molar-refractivity contribution in [3.05, 3.63) is 23.2 Å². The van der Waals surface area contributed by atoms with Crippen molar-refractivity contribution in [3.8, 4) is 5.75 Å². The van der Waals surface area contributed by atoms with E-state index in [-0.39, 0.29) is 30.5 Å². The second-order valence-corrected chi connectivity index (χ2v) is 5.71. The molecule has 6 heteroatoms. The molecule has 1 aliphatic rings. The summed E-state index contributed by atoms with van der Waals surface area (Å²) >= 11 is 6.15. The number of ether oxygens (including phenoxy) is 1. The lowest BCUT2D eigenvalue weighted by molar-refractivity contribution is -0.118. The SMILES string of the molecule is CC(C)Oc1ccc(NC(=O)[C@@H]2CCCCN2)cc1Cl.Cl. The third-order valence-electron chi connectivity index (χ3n) is 3.19. The van der Waals surface area contributed by atoms with E-state index in [1.54, 1.807) is 12.1 Å². The van der Waals surface area contributed by atoms with Gasteiger partial charge in [0.1, 0.15) is 5.75 Å². The standard InChI is InChI=1S/C15H21ClN2O2.ClH/c1-10(2)20-14-7-6-11(9-12(14)16)18-15(19)13-5-3-4-8-17-13;/h6-7,9-10,13,17H,3-5,8H2,1-2H3,(H,18,19);1H/t13-;/m0./s1. The molecule has 1 aromatic rings. The van der Waals surface area contributed by atoms with Crippen molar-refractivity contribution >= 4 is 35.6 Å².